The van der Waals surface area contributed by atoms with Crippen LogP contribution in [0.25, 0.3) is 11.3 Å². The maximum Gasteiger partial charge on any atom is 0.425 e. The lowest BCUT2D eigenvalue weighted by Crippen LogP contribution is -2.55. The monoisotopic (exact) mass is 826 g/mol. The Hall–Kier alpha value is -3.80. The van der Waals surface area contributed by atoms with Crippen molar-refractivity contribution in [2.45, 2.75) is 141 Å². The number of nitrogens with one attached hydrogen (secondary N) is 1. The number of carbonyl (C=O) groups excluding carboxylic acids is 4. The third-order valence-electron chi connectivity index (χ3n) is 12.6. The number of likely N-dealkylation sites (N-methyl/N-ethyl adjacent to an activating group) is 1. The second kappa shape index (κ2) is 20.2. The molecule has 3 aliphatic heterocycles. The molecule has 2 N–H and O–H groups in total. The quantitative estimate of drug-likeness (QED) is 0.177. The van der Waals surface area contributed by atoms with Gasteiger partial charge in [0.25, 0.3) is 0 Å². The lowest BCUT2D eigenvalue weighted by atomic mass is 9.78. The van der Waals surface area contributed by atoms with Gasteiger partial charge in [-0.25, -0.2) is 20.2 Å². The van der Waals surface area contributed by atoms with Crippen LogP contribution in [-0.2, 0) is 44.6 Å². The Labute approximate surface area is 348 Å². The second-order valence-electron chi connectivity index (χ2n) is 17.3. The van der Waals surface area contributed by atoms with Gasteiger partial charge in [-0.3, -0.25) is 19.4 Å². The number of amides is 1. The van der Waals surface area contributed by atoms with Crippen molar-refractivity contribution in [2.75, 3.05) is 34.4 Å². The van der Waals surface area contributed by atoms with Gasteiger partial charge in [-0.1, -0.05) is 27.7 Å². The number of hydrogen-bond donors (Lipinski definition) is 2. The summed E-state index contributed by atoms with van der Waals surface area (Å²) in [6.45, 7) is 13.5. The normalized spacial score (nSPS) is 35.2. The fourth-order valence-corrected chi connectivity index (χ4v) is 8.88. The molecule has 13 atom stereocenters. The Morgan fingerprint density at radius 3 is 2.44 bits per heavy atom. The molecule has 16 nitrogen and oxygen atoms in total. The molecule has 3 fully saturated rings. The molecule has 2 aromatic heterocycles. The number of fused-ring (bicyclic) bond motifs is 1. The van der Waals surface area contributed by atoms with E-state index in [1.54, 1.807) is 46.6 Å². The van der Waals surface area contributed by atoms with Gasteiger partial charge in [0.15, 0.2) is 11.9 Å². The van der Waals surface area contributed by atoms with E-state index in [1.807, 2.05) is 62.7 Å². The first kappa shape index (κ1) is 46.3. The van der Waals surface area contributed by atoms with Crippen LogP contribution >= 0.6 is 0 Å². The SMILES string of the molecule is CCC1OC(=O)C(C)C(=O)[C@H](C)[C@@H](OCC2O[C@H](C)CC(N(C)C)[C@H]2O)C[C@@](C)(OC)C[C@@H](C)C(=O)[C@H](C)[C@@H]2C1OC(=O)N2NCCCn1cnc(-c2cccnc2)c1. The highest BCUT2D eigenvalue weighted by molar-refractivity contribution is 6.00. The van der Waals surface area contributed by atoms with Gasteiger partial charge < -0.3 is 38.3 Å². The van der Waals surface area contributed by atoms with E-state index in [2.05, 4.69) is 15.4 Å². The molecule has 0 aliphatic carbocycles. The minimum atomic E-state index is -1.18. The summed E-state index contributed by atoms with van der Waals surface area (Å²) in [5.74, 6) is -4.54. The number of cyclic esters (lactones) is 1. The molecule has 0 bridgehead atoms. The van der Waals surface area contributed by atoms with Crippen molar-refractivity contribution >= 4 is 23.6 Å². The Morgan fingerprint density at radius 2 is 1.78 bits per heavy atom. The molecule has 0 radical (unpaired) electrons. The van der Waals surface area contributed by atoms with Crippen LogP contribution in [0.3, 0.4) is 0 Å². The fraction of sp³-hybridized carbons (Fsp3) is 0.721. The van der Waals surface area contributed by atoms with Gasteiger partial charge in [0.2, 0.25) is 0 Å². The molecule has 16 heteroatoms. The molecule has 3 saturated heterocycles. The first-order valence-corrected chi connectivity index (χ1v) is 21.1. The van der Waals surface area contributed by atoms with Gasteiger partial charge in [0.1, 0.15) is 30.0 Å². The van der Waals surface area contributed by atoms with Gasteiger partial charge in [0.05, 0.1) is 42.5 Å². The number of carbonyl (C=O) groups is 4. The average molecular weight is 827 g/mol. The third kappa shape index (κ3) is 10.9. The van der Waals surface area contributed by atoms with E-state index < -0.39 is 77.9 Å². The molecule has 2 aromatic rings. The van der Waals surface area contributed by atoms with Crippen molar-refractivity contribution in [1.82, 2.24) is 29.9 Å². The summed E-state index contributed by atoms with van der Waals surface area (Å²) >= 11 is 0. The highest BCUT2D eigenvalue weighted by Gasteiger charge is 2.52. The van der Waals surface area contributed by atoms with Crippen LogP contribution in [0.5, 0.6) is 0 Å². The number of methoxy groups -OCH3 is 1. The number of hydrazine groups is 1. The molecule has 5 unspecified atom stereocenters. The zero-order chi connectivity index (χ0) is 43.2. The van der Waals surface area contributed by atoms with Crippen LogP contribution in [0, 0.1) is 23.7 Å². The molecule has 0 saturated carbocycles. The Balaban J connectivity index is 1.36. The van der Waals surface area contributed by atoms with Crippen molar-refractivity contribution < 1.29 is 48.0 Å². The minimum absolute atomic E-state index is 0.00645. The molecule has 59 heavy (non-hydrogen) atoms. The number of nitrogens with zero attached hydrogens (tertiary/aromatic N) is 5. The molecule has 5 rings (SSSR count). The Kier molecular flexibility index (Phi) is 15.8. The first-order valence-electron chi connectivity index (χ1n) is 21.1. The van der Waals surface area contributed by atoms with Gasteiger partial charge >= 0.3 is 12.1 Å². The number of pyridine rings is 1. The van der Waals surface area contributed by atoms with E-state index >= 15 is 0 Å². The number of aryl methyl sites for hydroxylation is 1. The highest BCUT2D eigenvalue weighted by Crippen LogP contribution is 2.36. The van der Waals surface area contributed by atoms with Gasteiger partial charge in [-0.05, 0) is 72.7 Å². The molecule has 0 aromatic carbocycles. The standard InChI is InChI=1S/C43H66N6O10/c1-11-33-40-36(49(42(54)59-40)46-16-13-17-48-22-31(45-24-48)30-14-12-15-44-21-30)28(5)37(50)25(2)19-43(7,55-10)20-34(27(4)38(51)29(6)41(53)58-33)56-23-35-39(52)32(47(8)9)18-26(3)57-35/h12,14-15,21-22,24-29,32-36,39-40,46,52H,11,13,16-20,23H2,1-10H3/t25-,26-,27-,28-,29?,32?,33?,34+,35?,36-,39-,40?,43+/m1/s1. The molecular formula is C43H66N6O10. The van der Waals surface area contributed by atoms with Crippen molar-refractivity contribution in [2.24, 2.45) is 23.7 Å². The zero-order valence-electron chi connectivity index (χ0n) is 36.4. The molecule has 3 aliphatic rings. The summed E-state index contributed by atoms with van der Waals surface area (Å²) in [6, 6.07) is 2.83. The van der Waals surface area contributed by atoms with Crippen molar-refractivity contribution in [1.29, 1.82) is 0 Å². The van der Waals surface area contributed by atoms with E-state index in [-0.39, 0.29) is 49.6 Å². The number of hydrogen-bond acceptors (Lipinski definition) is 14. The summed E-state index contributed by atoms with van der Waals surface area (Å²) in [4.78, 5) is 66.7. The number of Topliss-reactive ketones (excluding diaryl/α,β-unsaturated/α-hetero) is 2. The number of imidazole rings is 1. The Morgan fingerprint density at radius 1 is 1.03 bits per heavy atom. The molecule has 0 spiro atoms. The average Bonchev–Trinajstić information content (AvgIpc) is 3.83. The maximum atomic E-state index is 14.5. The van der Waals surface area contributed by atoms with E-state index in [4.69, 9.17) is 23.7 Å². The van der Waals surface area contributed by atoms with E-state index in [1.165, 1.54) is 11.9 Å². The van der Waals surface area contributed by atoms with Crippen molar-refractivity contribution in [3.05, 3.63) is 37.1 Å². The Bertz CT molecular complexity index is 1730. The number of ether oxygens (including phenoxy) is 5. The van der Waals surface area contributed by atoms with E-state index in [9.17, 15) is 24.3 Å². The van der Waals surface area contributed by atoms with Gasteiger partial charge in [-0.2, -0.15) is 0 Å². The largest absolute Gasteiger partial charge is 0.458 e. The molecule has 328 valence electrons. The van der Waals surface area contributed by atoms with E-state index in [0.717, 1.165) is 11.3 Å². The summed E-state index contributed by atoms with van der Waals surface area (Å²) in [7, 11) is 5.39. The topological polar surface area (TPSA) is 184 Å². The second-order valence-corrected chi connectivity index (χ2v) is 17.3. The number of aliphatic hydroxyl groups excluding tert-OH is 1. The predicted molar refractivity (Wildman–Crippen MR) is 218 cm³/mol. The maximum absolute atomic E-state index is 14.5. The lowest BCUT2D eigenvalue weighted by Gasteiger charge is -2.42. The van der Waals surface area contributed by atoms with Crippen LogP contribution in [0.4, 0.5) is 4.79 Å². The smallest absolute Gasteiger partial charge is 0.425 e. The zero-order valence-corrected chi connectivity index (χ0v) is 36.4. The van der Waals surface area contributed by atoms with Crippen LogP contribution in [0.2, 0.25) is 0 Å². The summed E-state index contributed by atoms with van der Waals surface area (Å²) in [5.41, 5.74) is 3.97. The van der Waals surface area contributed by atoms with Crippen LogP contribution in [-0.4, -0.2) is 142 Å². The number of rotatable bonds is 12. The minimum Gasteiger partial charge on any atom is -0.458 e. The fourth-order valence-electron chi connectivity index (χ4n) is 8.88. The van der Waals surface area contributed by atoms with E-state index in [0.29, 0.717) is 25.9 Å². The van der Waals surface area contributed by atoms with Gasteiger partial charge in [0, 0.05) is 74.6 Å². The van der Waals surface area contributed by atoms with Gasteiger partial charge in [-0.15, -0.1) is 0 Å². The van der Waals surface area contributed by atoms with Crippen LogP contribution in [0.15, 0.2) is 37.1 Å². The summed E-state index contributed by atoms with van der Waals surface area (Å²) < 4.78 is 32.7. The number of aliphatic hydroxyl groups is 1. The van der Waals surface area contributed by atoms with Crippen LogP contribution < -0.4 is 5.43 Å². The molecule has 1 amide bonds. The highest BCUT2D eigenvalue weighted by atomic mass is 16.6. The third-order valence-corrected chi connectivity index (χ3v) is 12.6. The van der Waals surface area contributed by atoms with Crippen molar-refractivity contribution in [3.63, 3.8) is 0 Å². The number of aromatic nitrogens is 3. The summed E-state index contributed by atoms with van der Waals surface area (Å²) in [5, 5.41) is 12.6. The molecule has 5 heterocycles. The molecular weight excluding hydrogens is 761 g/mol. The lowest BCUT2D eigenvalue weighted by molar-refractivity contribution is -0.180. The summed E-state index contributed by atoms with van der Waals surface area (Å²) in [6.07, 6.45) is 4.21. The number of esters is 1. The van der Waals surface area contributed by atoms with Crippen molar-refractivity contribution in [3.8, 4) is 11.3 Å². The first-order chi connectivity index (χ1) is 28.0. The van der Waals surface area contributed by atoms with Crippen LogP contribution in [0.1, 0.15) is 80.6 Å². The number of ketones is 2. The predicted octanol–water partition coefficient (Wildman–Crippen LogP) is 4.09.